The van der Waals surface area contributed by atoms with Gasteiger partial charge in [-0.25, -0.2) is 12.8 Å². The predicted octanol–water partition coefficient (Wildman–Crippen LogP) is 3.38. The summed E-state index contributed by atoms with van der Waals surface area (Å²) in [4.78, 5) is 11.7. The zero-order chi connectivity index (χ0) is 20.0. The van der Waals surface area contributed by atoms with E-state index in [9.17, 15) is 17.6 Å². The van der Waals surface area contributed by atoms with E-state index in [0.29, 0.717) is 15.8 Å². The van der Waals surface area contributed by atoms with E-state index in [1.54, 1.807) is 12.1 Å². The Bertz CT molecular complexity index is 906. The molecule has 0 saturated carbocycles. The fourth-order valence-corrected chi connectivity index (χ4v) is 3.58. The van der Waals surface area contributed by atoms with Gasteiger partial charge in [-0.05, 0) is 42.5 Å². The minimum atomic E-state index is -3.93. The van der Waals surface area contributed by atoms with E-state index in [4.69, 9.17) is 32.7 Å². The number of sulfonamides is 1. The summed E-state index contributed by atoms with van der Waals surface area (Å²) >= 11 is 11.7. The number of hydrogen-bond donors (Lipinski definition) is 0. The van der Waals surface area contributed by atoms with Gasteiger partial charge in [0.2, 0.25) is 10.0 Å². The van der Waals surface area contributed by atoms with Crippen LogP contribution in [0.1, 0.15) is 0 Å². The van der Waals surface area contributed by atoms with Crippen molar-refractivity contribution in [1.82, 2.24) is 4.31 Å². The van der Waals surface area contributed by atoms with Crippen LogP contribution < -0.4 is 4.74 Å². The molecule has 27 heavy (non-hydrogen) atoms. The molecule has 0 aliphatic heterocycles. The first kappa shape index (κ1) is 21.4. The lowest BCUT2D eigenvalue weighted by Gasteiger charge is -2.16. The van der Waals surface area contributed by atoms with E-state index in [-0.39, 0.29) is 18.1 Å². The van der Waals surface area contributed by atoms with Crippen LogP contribution >= 0.6 is 23.2 Å². The number of benzene rings is 2. The van der Waals surface area contributed by atoms with Crippen molar-refractivity contribution in [2.75, 3.05) is 26.8 Å². The molecule has 0 fully saturated rings. The second-order valence-corrected chi connectivity index (χ2v) is 8.25. The van der Waals surface area contributed by atoms with Gasteiger partial charge in [0.25, 0.3) is 0 Å². The molecule has 0 spiro atoms. The molecule has 2 rings (SSSR count). The minimum Gasteiger partial charge on any atom is -0.488 e. The highest BCUT2D eigenvalue weighted by Gasteiger charge is 2.23. The summed E-state index contributed by atoms with van der Waals surface area (Å²) in [5, 5.41) is 0.781. The lowest BCUT2D eigenvalue weighted by molar-refractivity contribution is -0.144. The van der Waals surface area contributed by atoms with Crippen LogP contribution in [0.5, 0.6) is 5.75 Å². The Labute approximate surface area is 166 Å². The molecule has 0 N–H and O–H groups in total. The van der Waals surface area contributed by atoms with Crippen LogP contribution in [0.2, 0.25) is 10.0 Å². The maximum atomic E-state index is 12.9. The number of halogens is 3. The fourth-order valence-electron chi connectivity index (χ4n) is 2.00. The topological polar surface area (TPSA) is 72.9 Å². The molecular formula is C17H16Cl2FNO5S. The number of esters is 1. The predicted molar refractivity (Wildman–Crippen MR) is 99.1 cm³/mol. The highest BCUT2D eigenvalue weighted by atomic mass is 35.5. The van der Waals surface area contributed by atoms with Crippen molar-refractivity contribution in [3.8, 4) is 5.75 Å². The molecule has 2 aromatic rings. The summed E-state index contributed by atoms with van der Waals surface area (Å²) in [6, 6.07) is 8.99. The zero-order valence-corrected chi connectivity index (χ0v) is 16.5. The molecule has 0 atom stereocenters. The van der Waals surface area contributed by atoms with Crippen molar-refractivity contribution in [2.24, 2.45) is 0 Å². The third kappa shape index (κ3) is 6.07. The summed E-state index contributed by atoms with van der Waals surface area (Å²) < 4.78 is 48.7. The second kappa shape index (κ2) is 9.36. The Kier molecular flexibility index (Phi) is 7.43. The molecule has 10 heteroatoms. The van der Waals surface area contributed by atoms with Gasteiger partial charge in [0.15, 0.2) is 0 Å². The van der Waals surface area contributed by atoms with Crippen molar-refractivity contribution < 1.29 is 27.1 Å². The van der Waals surface area contributed by atoms with E-state index in [2.05, 4.69) is 0 Å². The Balaban J connectivity index is 1.81. The largest absolute Gasteiger partial charge is 0.488 e. The van der Waals surface area contributed by atoms with E-state index >= 15 is 0 Å². The molecule has 0 radical (unpaired) electrons. The third-order valence-electron chi connectivity index (χ3n) is 3.37. The second-order valence-electron chi connectivity index (χ2n) is 5.36. The van der Waals surface area contributed by atoms with E-state index in [0.717, 1.165) is 28.6 Å². The summed E-state index contributed by atoms with van der Waals surface area (Å²) in [6.07, 6.45) is 0. The van der Waals surface area contributed by atoms with Gasteiger partial charge < -0.3 is 9.47 Å². The summed E-state index contributed by atoms with van der Waals surface area (Å²) in [5.41, 5.74) is 0. The lowest BCUT2D eigenvalue weighted by Crippen LogP contribution is -2.33. The molecule has 0 heterocycles. The Morgan fingerprint density at radius 3 is 2.41 bits per heavy atom. The normalized spacial score (nSPS) is 11.4. The van der Waals surface area contributed by atoms with Crippen molar-refractivity contribution >= 4 is 39.2 Å². The van der Waals surface area contributed by atoms with Gasteiger partial charge in [0, 0.05) is 12.1 Å². The number of hydrogen-bond acceptors (Lipinski definition) is 5. The van der Waals surface area contributed by atoms with Gasteiger partial charge >= 0.3 is 5.97 Å². The standard InChI is InChI=1S/C17H16Cl2FNO5S/c1-21(27(23,24)14-5-3-13(20)4-6-14)11-17(22)26-9-8-25-16-7-2-12(18)10-15(16)19/h2-7,10H,8-9,11H2,1H3. The molecule has 0 aromatic heterocycles. The van der Waals surface area contributed by atoms with Crippen molar-refractivity contribution in [1.29, 1.82) is 0 Å². The zero-order valence-electron chi connectivity index (χ0n) is 14.2. The number of ether oxygens (including phenoxy) is 2. The monoisotopic (exact) mass is 435 g/mol. The molecule has 0 amide bonds. The van der Waals surface area contributed by atoms with Gasteiger partial charge in [-0.15, -0.1) is 0 Å². The van der Waals surface area contributed by atoms with Crippen LogP contribution in [0.4, 0.5) is 4.39 Å². The third-order valence-corrected chi connectivity index (χ3v) is 5.72. The smallest absolute Gasteiger partial charge is 0.321 e. The van der Waals surface area contributed by atoms with Crippen molar-refractivity contribution in [3.63, 3.8) is 0 Å². The fraction of sp³-hybridized carbons (Fsp3) is 0.235. The lowest BCUT2D eigenvalue weighted by atomic mass is 10.3. The molecule has 2 aromatic carbocycles. The maximum absolute atomic E-state index is 12.9. The maximum Gasteiger partial charge on any atom is 0.321 e. The quantitative estimate of drug-likeness (QED) is 0.469. The van der Waals surface area contributed by atoms with Crippen LogP contribution in [-0.4, -0.2) is 45.5 Å². The summed E-state index contributed by atoms with van der Waals surface area (Å²) in [5.74, 6) is -0.932. The van der Waals surface area contributed by atoms with E-state index in [1.807, 2.05) is 0 Å². The van der Waals surface area contributed by atoms with Crippen LogP contribution in [0, 0.1) is 5.82 Å². The summed E-state index contributed by atoms with van der Waals surface area (Å²) in [6.45, 7) is -0.564. The first-order chi connectivity index (χ1) is 12.7. The molecule has 146 valence electrons. The van der Waals surface area contributed by atoms with Gasteiger partial charge in [0.05, 0.1) is 9.92 Å². The Morgan fingerprint density at radius 1 is 1.11 bits per heavy atom. The Morgan fingerprint density at radius 2 is 1.78 bits per heavy atom. The van der Waals surface area contributed by atoms with Crippen LogP contribution in [0.15, 0.2) is 47.4 Å². The summed E-state index contributed by atoms with van der Waals surface area (Å²) in [7, 11) is -2.70. The average molecular weight is 436 g/mol. The molecule has 0 unspecified atom stereocenters. The van der Waals surface area contributed by atoms with E-state index < -0.39 is 28.4 Å². The van der Waals surface area contributed by atoms with Crippen LogP contribution in [-0.2, 0) is 19.6 Å². The number of carbonyl (C=O) groups excluding carboxylic acids is 1. The van der Waals surface area contributed by atoms with Crippen molar-refractivity contribution in [3.05, 3.63) is 58.3 Å². The number of nitrogens with zero attached hydrogens (tertiary/aromatic N) is 1. The highest BCUT2D eigenvalue weighted by molar-refractivity contribution is 7.89. The molecule has 0 aliphatic rings. The van der Waals surface area contributed by atoms with Gasteiger partial charge in [-0.3, -0.25) is 4.79 Å². The number of rotatable bonds is 8. The first-order valence-corrected chi connectivity index (χ1v) is 9.85. The molecule has 0 saturated heterocycles. The average Bonchev–Trinajstić information content (AvgIpc) is 2.60. The molecule has 0 bridgehead atoms. The van der Waals surface area contributed by atoms with Gasteiger partial charge in [-0.1, -0.05) is 23.2 Å². The van der Waals surface area contributed by atoms with Crippen LogP contribution in [0.25, 0.3) is 0 Å². The molecule has 0 aliphatic carbocycles. The number of likely N-dealkylation sites (N-methyl/N-ethyl adjacent to an activating group) is 1. The van der Waals surface area contributed by atoms with Crippen molar-refractivity contribution in [2.45, 2.75) is 4.90 Å². The molecule has 6 nitrogen and oxygen atoms in total. The first-order valence-electron chi connectivity index (χ1n) is 7.65. The number of carbonyl (C=O) groups is 1. The van der Waals surface area contributed by atoms with E-state index in [1.165, 1.54) is 13.1 Å². The van der Waals surface area contributed by atoms with Crippen LogP contribution in [0.3, 0.4) is 0 Å². The molecular weight excluding hydrogens is 420 g/mol. The van der Waals surface area contributed by atoms with Gasteiger partial charge in [0.1, 0.15) is 31.3 Å². The highest BCUT2D eigenvalue weighted by Crippen LogP contribution is 2.27. The van der Waals surface area contributed by atoms with Gasteiger partial charge in [-0.2, -0.15) is 4.31 Å². The Hall–Kier alpha value is -1.87. The minimum absolute atomic E-state index is 0.0293. The SMILES string of the molecule is CN(CC(=O)OCCOc1ccc(Cl)cc1Cl)S(=O)(=O)c1ccc(F)cc1.